The van der Waals surface area contributed by atoms with E-state index in [1.165, 1.54) is 23.8 Å². The van der Waals surface area contributed by atoms with Gasteiger partial charge in [-0.3, -0.25) is 9.69 Å². The Morgan fingerprint density at radius 1 is 1.15 bits per heavy atom. The van der Waals surface area contributed by atoms with E-state index in [2.05, 4.69) is 83.7 Å². The zero-order valence-corrected chi connectivity index (χ0v) is 25.0. The summed E-state index contributed by atoms with van der Waals surface area (Å²) in [6.45, 7) is 10.0. The number of esters is 1. The molecule has 214 valence electrons. The molecular weight excluding hydrogens is 512 g/mol. The lowest BCUT2D eigenvalue weighted by Crippen LogP contribution is -2.35. The van der Waals surface area contributed by atoms with Crippen molar-refractivity contribution in [2.75, 3.05) is 13.7 Å². The van der Waals surface area contributed by atoms with Gasteiger partial charge < -0.3 is 9.47 Å². The quantitative estimate of drug-likeness (QED) is 0.263. The van der Waals surface area contributed by atoms with E-state index in [9.17, 15) is 4.79 Å². The summed E-state index contributed by atoms with van der Waals surface area (Å²) in [6.07, 6.45) is 3.24. The maximum atomic E-state index is 13.3. The SMILES string of the molecule is CC[C@@H]1CN(C2CCc3ccc(C(c4ccc5c(nnn5C)c4C)C(C)(C)C(=O)OC)cc32)Cc2ccccc2O1. The van der Waals surface area contributed by atoms with Gasteiger partial charge in [0.05, 0.1) is 18.0 Å². The first kappa shape index (κ1) is 27.5. The predicted octanol–water partition coefficient (Wildman–Crippen LogP) is 6.27. The van der Waals surface area contributed by atoms with Crippen LogP contribution in [-0.2, 0) is 29.5 Å². The van der Waals surface area contributed by atoms with Crippen LogP contribution in [0.15, 0.2) is 54.6 Å². The Hall–Kier alpha value is -3.71. The van der Waals surface area contributed by atoms with Gasteiger partial charge >= 0.3 is 5.97 Å². The van der Waals surface area contributed by atoms with Crippen molar-refractivity contribution < 1.29 is 14.3 Å². The molecule has 2 unspecified atom stereocenters. The molecule has 0 radical (unpaired) electrons. The highest BCUT2D eigenvalue weighted by Crippen LogP contribution is 2.47. The minimum atomic E-state index is -0.805. The fourth-order valence-electron chi connectivity index (χ4n) is 7.05. The standard InChI is InChI=1S/C34H40N4O3/c1-7-25-20-38(19-24-10-8-9-11-30(24)41-25)28-16-14-22-12-13-23(18-27(22)28)31(34(3,4)33(39)40-6)26-15-17-29-32(21(26)2)35-36-37(29)5/h8-13,15,17-18,25,28,31H,7,14,16,19-20H2,1-6H3/t25-,28?,31?/m1/s1. The number of aromatic nitrogens is 3. The van der Waals surface area contributed by atoms with Gasteiger partial charge in [-0.25, -0.2) is 4.68 Å². The lowest BCUT2D eigenvalue weighted by atomic mass is 9.69. The number of nitrogens with zero attached hydrogens (tertiary/aromatic N) is 4. The summed E-state index contributed by atoms with van der Waals surface area (Å²) in [6, 6.07) is 19.8. The molecule has 0 saturated carbocycles. The molecule has 0 bridgehead atoms. The lowest BCUT2D eigenvalue weighted by Gasteiger charge is -2.35. The molecule has 1 aliphatic carbocycles. The molecular formula is C34H40N4O3. The van der Waals surface area contributed by atoms with Crippen LogP contribution in [0.25, 0.3) is 11.0 Å². The molecule has 0 fully saturated rings. The van der Waals surface area contributed by atoms with E-state index in [4.69, 9.17) is 9.47 Å². The van der Waals surface area contributed by atoms with Gasteiger partial charge in [0.25, 0.3) is 0 Å². The average Bonchev–Trinajstić information content (AvgIpc) is 3.51. The fourth-order valence-corrected chi connectivity index (χ4v) is 7.05. The number of rotatable bonds is 6. The molecule has 2 aliphatic rings. The Labute approximate surface area is 242 Å². The van der Waals surface area contributed by atoms with Crippen molar-refractivity contribution in [2.45, 2.75) is 71.6 Å². The number of hydrogen-bond donors (Lipinski definition) is 0. The van der Waals surface area contributed by atoms with Crippen molar-refractivity contribution in [3.05, 3.63) is 88.0 Å². The highest BCUT2D eigenvalue weighted by atomic mass is 16.5. The van der Waals surface area contributed by atoms with Gasteiger partial charge in [-0.2, -0.15) is 0 Å². The van der Waals surface area contributed by atoms with Crippen LogP contribution in [0, 0.1) is 12.3 Å². The lowest BCUT2D eigenvalue weighted by molar-refractivity contribution is -0.151. The van der Waals surface area contributed by atoms with Gasteiger partial charge in [0, 0.05) is 37.7 Å². The Bertz CT molecular complexity index is 1610. The number of carbonyl (C=O) groups excluding carboxylic acids is 1. The minimum Gasteiger partial charge on any atom is -0.489 e. The van der Waals surface area contributed by atoms with Gasteiger partial charge in [0.2, 0.25) is 0 Å². The monoisotopic (exact) mass is 552 g/mol. The van der Waals surface area contributed by atoms with Gasteiger partial charge in [-0.15, -0.1) is 5.10 Å². The molecule has 3 aromatic carbocycles. The van der Waals surface area contributed by atoms with Crippen LogP contribution in [0.3, 0.4) is 0 Å². The summed E-state index contributed by atoms with van der Waals surface area (Å²) in [5, 5.41) is 8.70. The fraction of sp³-hybridized carbons (Fsp3) is 0.441. The van der Waals surface area contributed by atoms with Crippen LogP contribution in [-0.4, -0.2) is 45.6 Å². The second-order valence-corrected chi connectivity index (χ2v) is 12.2. The first-order valence-corrected chi connectivity index (χ1v) is 14.7. The minimum absolute atomic E-state index is 0.151. The van der Waals surface area contributed by atoms with Crippen molar-refractivity contribution in [3.8, 4) is 5.75 Å². The maximum Gasteiger partial charge on any atom is 0.312 e. The predicted molar refractivity (Wildman–Crippen MR) is 160 cm³/mol. The van der Waals surface area contributed by atoms with Crippen LogP contribution in [0.5, 0.6) is 5.75 Å². The number of para-hydroxylation sites is 1. The van der Waals surface area contributed by atoms with E-state index < -0.39 is 5.41 Å². The van der Waals surface area contributed by atoms with Crippen molar-refractivity contribution in [1.29, 1.82) is 0 Å². The third-order valence-corrected chi connectivity index (χ3v) is 9.35. The Balaban J connectivity index is 1.44. The number of ether oxygens (including phenoxy) is 2. The summed E-state index contributed by atoms with van der Waals surface area (Å²) in [4.78, 5) is 15.9. The molecule has 3 atom stereocenters. The largest absolute Gasteiger partial charge is 0.489 e. The van der Waals surface area contributed by atoms with Crippen molar-refractivity contribution in [2.24, 2.45) is 12.5 Å². The first-order valence-electron chi connectivity index (χ1n) is 14.7. The Morgan fingerprint density at radius 3 is 2.73 bits per heavy atom. The number of fused-ring (bicyclic) bond motifs is 3. The van der Waals surface area contributed by atoms with Crippen molar-refractivity contribution in [3.63, 3.8) is 0 Å². The molecule has 1 aromatic heterocycles. The van der Waals surface area contributed by atoms with Crippen molar-refractivity contribution in [1.82, 2.24) is 19.9 Å². The normalized spacial score (nSPS) is 19.8. The van der Waals surface area contributed by atoms with E-state index in [1.54, 1.807) is 4.68 Å². The first-order chi connectivity index (χ1) is 19.7. The van der Waals surface area contributed by atoms with Crippen LogP contribution in [0.2, 0.25) is 0 Å². The smallest absolute Gasteiger partial charge is 0.312 e. The molecule has 4 aromatic rings. The number of methoxy groups -OCH3 is 1. The molecule has 2 heterocycles. The average molecular weight is 553 g/mol. The molecule has 1 aliphatic heterocycles. The third-order valence-electron chi connectivity index (χ3n) is 9.35. The molecule has 41 heavy (non-hydrogen) atoms. The molecule has 0 amide bonds. The van der Waals surface area contributed by atoms with Gasteiger partial charge in [0.15, 0.2) is 0 Å². The van der Waals surface area contributed by atoms with E-state index in [-0.39, 0.29) is 18.0 Å². The number of carbonyl (C=O) groups is 1. The number of benzene rings is 3. The van der Waals surface area contributed by atoms with Crippen LogP contribution in [0.4, 0.5) is 0 Å². The topological polar surface area (TPSA) is 69.5 Å². The Morgan fingerprint density at radius 2 is 1.95 bits per heavy atom. The number of hydrogen-bond acceptors (Lipinski definition) is 6. The molecule has 7 heteroatoms. The van der Waals surface area contributed by atoms with Gasteiger partial charge in [-0.05, 0) is 80.0 Å². The number of aryl methyl sites for hydroxylation is 3. The summed E-state index contributed by atoms with van der Waals surface area (Å²) >= 11 is 0. The summed E-state index contributed by atoms with van der Waals surface area (Å²) in [7, 11) is 3.38. The van der Waals surface area contributed by atoms with Gasteiger partial charge in [-0.1, -0.05) is 54.6 Å². The molecule has 7 nitrogen and oxygen atoms in total. The van der Waals surface area contributed by atoms with Crippen molar-refractivity contribution >= 4 is 17.0 Å². The third kappa shape index (κ3) is 4.70. The second-order valence-electron chi connectivity index (χ2n) is 12.2. The van der Waals surface area contributed by atoms with E-state index in [0.717, 1.165) is 65.8 Å². The molecule has 0 saturated heterocycles. The van der Waals surface area contributed by atoms with Crippen LogP contribution in [0.1, 0.15) is 79.0 Å². The molecule has 0 N–H and O–H groups in total. The van der Waals surface area contributed by atoms with Gasteiger partial charge in [0.1, 0.15) is 17.4 Å². The highest BCUT2D eigenvalue weighted by Gasteiger charge is 2.42. The maximum absolute atomic E-state index is 13.3. The van der Waals surface area contributed by atoms with E-state index in [0.29, 0.717) is 6.04 Å². The van der Waals surface area contributed by atoms with E-state index in [1.807, 2.05) is 20.9 Å². The molecule has 0 spiro atoms. The summed E-state index contributed by atoms with van der Waals surface area (Å²) in [5.41, 5.74) is 8.27. The second kappa shape index (κ2) is 10.6. The summed E-state index contributed by atoms with van der Waals surface area (Å²) < 4.78 is 13.6. The van der Waals surface area contributed by atoms with Crippen LogP contribution < -0.4 is 4.74 Å². The Kier molecular flexibility index (Phi) is 7.10. The van der Waals surface area contributed by atoms with E-state index >= 15 is 0 Å². The zero-order chi connectivity index (χ0) is 28.9. The van der Waals surface area contributed by atoms with Crippen LogP contribution >= 0.6 is 0 Å². The molecule has 6 rings (SSSR count). The highest BCUT2D eigenvalue weighted by molar-refractivity contribution is 5.82. The summed E-state index contributed by atoms with van der Waals surface area (Å²) in [5.74, 6) is 0.554. The zero-order valence-electron chi connectivity index (χ0n) is 25.0.